The minimum absolute atomic E-state index is 0.0953. The second-order valence-corrected chi connectivity index (χ2v) is 6.80. The molecule has 26 heavy (non-hydrogen) atoms. The van der Waals surface area contributed by atoms with Crippen molar-refractivity contribution in [2.75, 3.05) is 24.3 Å². The first-order chi connectivity index (χ1) is 12.8. The van der Waals surface area contributed by atoms with Gasteiger partial charge in [0.1, 0.15) is 5.75 Å². The number of fused-ring (bicyclic) bond motifs is 1. The van der Waals surface area contributed by atoms with E-state index in [0.717, 1.165) is 41.2 Å². The molecule has 4 rings (SSSR count). The maximum Gasteiger partial charge on any atom is 0.232 e. The zero-order valence-corrected chi connectivity index (χ0v) is 15.1. The summed E-state index contributed by atoms with van der Waals surface area (Å²) in [7, 11) is 1.65. The molecule has 0 unspecified atom stereocenters. The van der Waals surface area contributed by atoms with Gasteiger partial charge in [0, 0.05) is 24.3 Å². The Labute approximate surface area is 155 Å². The van der Waals surface area contributed by atoms with Gasteiger partial charge in [-0.1, -0.05) is 42.1 Å². The third-order valence-electron chi connectivity index (χ3n) is 4.30. The fourth-order valence-electron chi connectivity index (χ4n) is 2.93. The van der Waals surface area contributed by atoms with Gasteiger partial charge in [0.15, 0.2) is 10.9 Å². The van der Waals surface area contributed by atoms with Crippen LogP contribution in [0.4, 0.5) is 11.6 Å². The monoisotopic (exact) mass is 366 g/mol. The summed E-state index contributed by atoms with van der Waals surface area (Å²) in [6.07, 6.45) is 0. The number of anilines is 2. The van der Waals surface area contributed by atoms with Crippen LogP contribution in [0.15, 0.2) is 59.8 Å². The molecular formula is C19H18N4O2S. The highest BCUT2D eigenvalue weighted by Crippen LogP contribution is 2.32. The van der Waals surface area contributed by atoms with Crippen LogP contribution in [0.3, 0.4) is 0 Å². The van der Waals surface area contributed by atoms with Crippen LogP contribution >= 0.6 is 11.8 Å². The predicted molar refractivity (Wildman–Crippen MR) is 102 cm³/mol. The molecule has 2 heterocycles. The summed E-state index contributed by atoms with van der Waals surface area (Å²) in [6, 6.07) is 17.2. The van der Waals surface area contributed by atoms with Gasteiger partial charge in [-0.15, -0.1) is 10.2 Å². The maximum absolute atomic E-state index is 12.3. The molecule has 0 aliphatic carbocycles. The van der Waals surface area contributed by atoms with Crippen molar-refractivity contribution in [3.8, 4) is 5.75 Å². The highest BCUT2D eigenvalue weighted by Gasteiger charge is 2.26. The molecule has 0 bridgehead atoms. The number of ketones is 1. The fraction of sp³-hybridized carbons (Fsp3) is 0.211. The molecule has 6 nitrogen and oxygen atoms in total. The molecule has 1 aliphatic rings. The number of ether oxygens (including phenoxy) is 1. The highest BCUT2D eigenvalue weighted by molar-refractivity contribution is 7.99. The van der Waals surface area contributed by atoms with E-state index in [1.165, 1.54) is 11.8 Å². The summed E-state index contributed by atoms with van der Waals surface area (Å²) in [5, 5.41) is 9.37. The minimum atomic E-state index is 0.0953. The molecule has 0 atom stereocenters. The molecule has 0 radical (unpaired) electrons. The van der Waals surface area contributed by atoms with Gasteiger partial charge in [-0.3, -0.25) is 9.36 Å². The third-order valence-corrected chi connectivity index (χ3v) is 5.26. The van der Waals surface area contributed by atoms with Crippen molar-refractivity contribution in [1.29, 1.82) is 0 Å². The lowest BCUT2D eigenvalue weighted by Gasteiger charge is -2.15. The van der Waals surface area contributed by atoms with Crippen LogP contribution in [0.5, 0.6) is 5.75 Å². The van der Waals surface area contributed by atoms with Crippen LogP contribution in [0.1, 0.15) is 10.4 Å². The first-order valence-electron chi connectivity index (χ1n) is 8.32. The largest absolute Gasteiger partial charge is 0.497 e. The van der Waals surface area contributed by atoms with E-state index in [9.17, 15) is 4.79 Å². The number of carbonyl (C=O) groups is 1. The Morgan fingerprint density at radius 3 is 2.58 bits per heavy atom. The van der Waals surface area contributed by atoms with Crippen molar-refractivity contribution < 1.29 is 9.53 Å². The number of hydrogen-bond acceptors (Lipinski definition) is 6. The summed E-state index contributed by atoms with van der Waals surface area (Å²) >= 11 is 1.43. The van der Waals surface area contributed by atoms with Gasteiger partial charge in [0.05, 0.1) is 12.9 Å². The Balaban J connectivity index is 1.47. The maximum atomic E-state index is 12.3. The van der Waals surface area contributed by atoms with Crippen molar-refractivity contribution in [2.24, 2.45) is 0 Å². The van der Waals surface area contributed by atoms with Gasteiger partial charge in [-0.25, -0.2) is 0 Å². The van der Waals surface area contributed by atoms with E-state index in [-0.39, 0.29) is 5.78 Å². The first-order valence-corrected chi connectivity index (χ1v) is 9.30. The number of rotatable bonds is 6. The van der Waals surface area contributed by atoms with Gasteiger partial charge in [-0.05, 0) is 24.3 Å². The van der Waals surface area contributed by atoms with Crippen LogP contribution in [-0.2, 0) is 6.54 Å². The molecule has 0 saturated carbocycles. The number of nitrogens with zero attached hydrogens (tertiary/aromatic N) is 4. The second kappa shape index (κ2) is 7.21. The minimum Gasteiger partial charge on any atom is -0.497 e. The average Bonchev–Trinajstić information content (AvgIpc) is 3.29. The number of carbonyl (C=O) groups excluding carboxylic acids is 1. The Bertz CT molecular complexity index is 909. The van der Waals surface area contributed by atoms with E-state index in [0.29, 0.717) is 5.75 Å². The third kappa shape index (κ3) is 3.17. The van der Waals surface area contributed by atoms with Gasteiger partial charge in [0.2, 0.25) is 5.95 Å². The van der Waals surface area contributed by atoms with E-state index in [4.69, 9.17) is 4.74 Å². The van der Waals surface area contributed by atoms with Crippen LogP contribution in [0.2, 0.25) is 0 Å². The molecule has 0 fully saturated rings. The van der Waals surface area contributed by atoms with Gasteiger partial charge < -0.3 is 9.64 Å². The molecule has 0 saturated heterocycles. The Morgan fingerprint density at radius 1 is 1.08 bits per heavy atom. The molecule has 7 heteroatoms. The van der Waals surface area contributed by atoms with Gasteiger partial charge >= 0.3 is 0 Å². The number of methoxy groups -OCH3 is 1. The predicted octanol–water partition coefficient (Wildman–Crippen LogP) is 3.41. The molecule has 1 aliphatic heterocycles. The summed E-state index contributed by atoms with van der Waals surface area (Å²) in [5.74, 6) is 2.08. The molecule has 3 aromatic rings. The van der Waals surface area contributed by atoms with E-state index < -0.39 is 0 Å². The Morgan fingerprint density at radius 2 is 1.85 bits per heavy atom. The molecule has 0 N–H and O–H groups in total. The van der Waals surface area contributed by atoms with Crippen LogP contribution in [0.25, 0.3) is 0 Å². The van der Waals surface area contributed by atoms with E-state index >= 15 is 0 Å². The van der Waals surface area contributed by atoms with E-state index in [1.54, 1.807) is 7.11 Å². The van der Waals surface area contributed by atoms with Crippen molar-refractivity contribution in [3.05, 3.63) is 60.2 Å². The number of Topliss-reactive ketones (excluding diaryl/α,β-unsaturated/α-hetero) is 1. The quantitative estimate of drug-likeness (QED) is 0.492. The Kier molecular flexibility index (Phi) is 4.62. The lowest BCUT2D eigenvalue weighted by atomic mass is 10.2. The van der Waals surface area contributed by atoms with Crippen LogP contribution in [-0.4, -0.2) is 40.0 Å². The fourth-order valence-corrected chi connectivity index (χ4v) is 3.78. The summed E-state index contributed by atoms with van der Waals surface area (Å²) in [6.45, 7) is 1.63. The molecule has 132 valence electrons. The smallest absolute Gasteiger partial charge is 0.232 e. The van der Waals surface area contributed by atoms with Crippen molar-refractivity contribution in [3.63, 3.8) is 0 Å². The molecule has 2 aromatic carbocycles. The average molecular weight is 366 g/mol. The first kappa shape index (κ1) is 16.7. The molecule has 0 spiro atoms. The Hall–Kier alpha value is -2.80. The van der Waals surface area contributed by atoms with Gasteiger partial charge in [0.25, 0.3) is 0 Å². The van der Waals surface area contributed by atoms with Crippen LogP contribution in [0, 0.1) is 0 Å². The number of benzene rings is 2. The SMILES string of the molecule is COc1ccc(N2CCn3c(SCC(=O)c4ccccc4)nnc32)cc1. The van der Waals surface area contributed by atoms with Crippen LogP contribution < -0.4 is 9.64 Å². The molecular weight excluding hydrogens is 348 g/mol. The summed E-state index contributed by atoms with van der Waals surface area (Å²) < 4.78 is 7.27. The zero-order valence-electron chi connectivity index (χ0n) is 14.3. The summed E-state index contributed by atoms with van der Waals surface area (Å²) in [5.41, 5.74) is 1.77. The second-order valence-electron chi connectivity index (χ2n) is 5.86. The number of hydrogen-bond donors (Lipinski definition) is 0. The van der Waals surface area contributed by atoms with E-state index in [1.807, 2.05) is 54.6 Å². The number of aromatic nitrogens is 3. The molecule has 0 amide bonds. The topological polar surface area (TPSA) is 60.2 Å². The zero-order chi connectivity index (χ0) is 17.9. The highest BCUT2D eigenvalue weighted by atomic mass is 32.2. The lowest BCUT2D eigenvalue weighted by Crippen LogP contribution is -2.14. The standard InChI is InChI=1S/C19H18N4O2S/c1-25-16-9-7-15(8-10-16)22-11-12-23-18(22)20-21-19(23)26-13-17(24)14-5-3-2-4-6-14/h2-10H,11-13H2,1H3. The number of thioether (sulfide) groups is 1. The van der Waals surface area contributed by atoms with Crippen molar-refractivity contribution >= 4 is 29.2 Å². The van der Waals surface area contributed by atoms with E-state index in [2.05, 4.69) is 19.7 Å². The normalized spacial score (nSPS) is 12.9. The summed E-state index contributed by atoms with van der Waals surface area (Å²) in [4.78, 5) is 14.4. The van der Waals surface area contributed by atoms with Gasteiger partial charge in [-0.2, -0.15) is 0 Å². The lowest BCUT2D eigenvalue weighted by molar-refractivity contribution is 0.102. The van der Waals surface area contributed by atoms with Crippen molar-refractivity contribution in [2.45, 2.75) is 11.7 Å². The molecule has 1 aromatic heterocycles. The van der Waals surface area contributed by atoms with Crippen molar-refractivity contribution in [1.82, 2.24) is 14.8 Å².